The molecule has 2 aromatic heterocycles. The number of rotatable bonds is 2. The molecule has 1 N–H and O–H groups in total. The number of aryl methyl sites for hydroxylation is 1. The fourth-order valence-corrected chi connectivity index (χ4v) is 1.90. The molecule has 5 nitrogen and oxygen atoms in total. The van der Waals surface area contributed by atoms with Gasteiger partial charge < -0.3 is 5.11 Å². The summed E-state index contributed by atoms with van der Waals surface area (Å²) in [6.45, 7) is 1.79. The summed E-state index contributed by atoms with van der Waals surface area (Å²) in [6, 6.07) is 0. The third kappa shape index (κ3) is 1.28. The van der Waals surface area contributed by atoms with Crippen LogP contribution in [0.25, 0.3) is 5.65 Å². The summed E-state index contributed by atoms with van der Waals surface area (Å²) in [6.07, 6.45) is 6.12. The van der Waals surface area contributed by atoms with Crippen LogP contribution in [0.15, 0.2) is 12.4 Å². The monoisotopic (exact) mass is 217 g/mol. The Hall–Kier alpha value is -1.91. The molecule has 0 aliphatic heterocycles. The molecule has 0 saturated heterocycles. The first-order valence-corrected chi connectivity index (χ1v) is 5.24. The van der Waals surface area contributed by atoms with Crippen molar-refractivity contribution in [3.63, 3.8) is 0 Å². The van der Waals surface area contributed by atoms with Crippen LogP contribution in [0.3, 0.4) is 0 Å². The molecule has 82 valence electrons. The van der Waals surface area contributed by atoms with Crippen molar-refractivity contribution in [1.29, 1.82) is 0 Å². The average molecular weight is 217 g/mol. The van der Waals surface area contributed by atoms with Crippen LogP contribution < -0.4 is 0 Å². The second-order valence-corrected chi connectivity index (χ2v) is 4.17. The van der Waals surface area contributed by atoms with Crippen LogP contribution in [0.1, 0.15) is 40.6 Å². The number of hydrogen-bond acceptors (Lipinski definition) is 3. The number of aromatic nitrogens is 3. The van der Waals surface area contributed by atoms with Gasteiger partial charge in [-0.2, -0.15) is 0 Å². The Labute approximate surface area is 91.8 Å². The van der Waals surface area contributed by atoms with Crippen LogP contribution in [-0.4, -0.2) is 25.4 Å². The predicted molar refractivity (Wildman–Crippen MR) is 56.7 cm³/mol. The molecule has 2 aromatic rings. The van der Waals surface area contributed by atoms with Gasteiger partial charge in [0.15, 0.2) is 11.3 Å². The standard InChI is InChI=1S/C11H11N3O2/c1-6-13-9(11(15)16)10-12-4-8(5-14(6)10)7-2-3-7/h4-5,7H,2-3H2,1H3,(H,15,16). The number of aromatic carboxylic acids is 1. The highest BCUT2D eigenvalue weighted by molar-refractivity contribution is 5.92. The molecule has 2 heterocycles. The quantitative estimate of drug-likeness (QED) is 0.829. The largest absolute Gasteiger partial charge is 0.476 e. The van der Waals surface area contributed by atoms with Crippen LogP contribution in [0.5, 0.6) is 0 Å². The van der Waals surface area contributed by atoms with Crippen LogP contribution in [0.4, 0.5) is 0 Å². The van der Waals surface area contributed by atoms with E-state index in [0.29, 0.717) is 17.4 Å². The minimum atomic E-state index is -1.03. The minimum absolute atomic E-state index is 0.0276. The van der Waals surface area contributed by atoms with Gasteiger partial charge in [0.05, 0.1) is 0 Å². The Morgan fingerprint density at radius 1 is 1.56 bits per heavy atom. The van der Waals surface area contributed by atoms with E-state index in [1.54, 1.807) is 17.5 Å². The summed E-state index contributed by atoms with van der Waals surface area (Å²) in [5.41, 5.74) is 1.62. The van der Waals surface area contributed by atoms with Gasteiger partial charge >= 0.3 is 5.97 Å². The van der Waals surface area contributed by atoms with E-state index >= 15 is 0 Å². The molecule has 1 fully saturated rings. The zero-order valence-corrected chi connectivity index (χ0v) is 8.84. The van der Waals surface area contributed by atoms with Gasteiger partial charge in [0, 0.05) is 12.4 Å². The summed E-state index contributed by atoms with van der Waals surface area (Å²) in [5.74, 6) is 0.242. The van der Waals surface area contributed by atoms with E-state index in [-0.39, 0.29) is 5.69 Å². The van der Waals surface area contributed by atoms with E-state index in [1.807, 2.05) is 6.20 Å². The topological polar surface area (TPSA) is 67.5 Å². The Balaban J connectivity index is 2.23. The first-order chi connectivity index (χ1) is 7.66. The highest BCUT2D eigenvalue weighted by Gasteiger charge is 2.25. The maximum Gasteiger partial charge on any atom is 0.358 e. The molecule has 0 radical (unpaired) electrons. The Morgan fingerprint density at radius 3 is 2.94 bits per heavy atom. The van der Waals surface area contributed by atoms with E-state index in [4.69, 9.17) is 5.11 Å². The smallest absolute Gasteiger partial charge is 0.358 e. The molecule has 5 heteroatoms. The van der Waals surface area contributed by atoms with Crippen LogP contribution >= 0.6 is 0 Å². The summed E-state index contributed by atoms with van der Waals surface area (Å²) in [5, 5.41) is 8.97. The van der Waals surface area contributed by atoms with Gasteiger partial charge in [-0.1, -0.05) is 0 Å². The molecule has 0 aromatic carbocycles. The number of carbonyl (C=O) groups is 1. The van der Waals surface area contributed by atoms with E-state index in [9.17, 15) is 4.79 Å². The van der Waals surface area contributed by atoms with Crippen molar-refractivity contribution in [3.05, 3.63) is 29.5 Å². The second-order valence-electron chi connectivity index (χ2n) is 4.17. The van der Waals surface area contributed by atoms with Gasteiger partial charge in [-0.25, -0.2) is 14.8 Å². The van der Waals surface area contributed by atoms with E-state index in [0.717, 1.165) is 0 Å². The minimum Gasteiger partial charge on any atom is -0.476 e. The molecule has 3 rings (SSSR count). The highest BCUT2D eigenvalue weighted by Crippen LogP contribution is 2.39. The van der Waals surface area contributed by atoms with Crippen molar-refractivity contribution in [3.8, 4) is 0 Å². The van der Waals surface area contributed by atoms with Crippen molar-refractivity contribution in [2.45, 2.75) is 25.7 Å². The molecule has 0 amide bonds. The van der Waals surface area contributed by atoms with Crippen molar-refractivity contribution in [1.82, 2.24) is 14.4 Å². The summed E-state index contributed by atoms with van der Waals surface area (Å²) in [7, 11) is 0. The number of imidazole rings is 1. The lowest BCUT2D eigenvalue weighted by Gasteiger charge is -2.00. The molecular weight excluding hydrogens is 206 g/mol. The van der Waals surface area contributed by atoms with Crippen LogP contribution in [0, 0.1) is 6.92 Å². The molecule has 16 heavy (non-hydrogen) atoms. The van der Waals surface area contributed by atoms with Crippen LogP contribution in [-0.2, 0) is 0 Å². The van der Waals surface area contributed by atoms with Gasteiger partial charge in [-0.3, -0.25) is 4.40 Å². The van der Waals surface area contributed by atoms with E-state index in [2.05, 4.69) is 9.97 Å². The summed E-state index contributed by atoms with van der Waals surface area (Å²) >= 11 is 0. The van der Waals surface area contributed by atoms with Gasteiger partial charge in [0.1, 0.15) is 5.82 Å². The molecule has 1 aliphatic carbocycles. The first-order valence-electron chi connectivity index (χ1n) is 5.24. The maximum atomic E-state index is 10.9. The fraction of sp³-hybridized carbons (Fsp3) is 0.364. The summed E-state index contributed by atoms with van der Waals surface area (Å²) in [4.78, 5) is 19.2. The second kappa shape index (κ2) is 3.04. The Bertz CT molecular complexity index is 584. The van der Waals surface area contributed by atoms with Gasteiger partial charge in [0.2, 0.25) is 0 Å². The third-order valence-corrected chi connectivity index (χ3v) is 2.93. The molecule has 1 aliphatic rings. The first kappa shape index (κ1) is 9.33. The van der Waals surface area contributed by atoms with Crippen molar-refractivity contribution < 1.29 is 9.90 Å². The van der Waals surface area contributed by atoms with Gasteiger partial charge in [0.25, 0.3) is 0 Å². The molecule has 0 unspecified atom stereocenters. The number of hydrogen-bond donors (Lipinski definition) is 1. The molecule has 0 spiro atoms. The number of nitrogens with zero attached hydrogens (tertiary/aromatic N) is 3. The molecule has 1 saturated carbocycles. The van der Waals surface area contributed by atoms with Crippen molar-refractivity contribution >= 4 is 11.6 Å². The van der Waals surface area contributed by atoms with Crippen molar-refractivity contribution in [2.75, 3.05) is 0 Å². The lowest BCUT2D eigenvalue weighted by Crippen LogP contribution is -1.99. The van der Waals surface area contributed by atoms with Gasteiger partial charge in [-0.15, -0.1) is 0 Å². The summed E-state index contributed by atoms with van der Waals surface area (Å²) < 4.78 is 1.76. The lowest BCUT2D eigenvalue weighted by molar-refractivity contribution is 0.0693. The molecule has 0 bridgehead atoms. The lowest BCUT2D eigenvalue weighted by atomic mass is 10.2. The normalized spacial score (nSPS) is 15.6. The number of carboxylic acid groups (broad SMARTS) is 1. The van der Waals surface area contributed by atoms with Gasteiger partial charge in [-0.05, 0) is 31.2 Å². The molecular formula is C11H11N3O2. The maximum absolute atomic E-state index is 10.9. The zero-order valence-electron chi connectivity index (χ0n) is 8.84. The SMILES string of the molecule is Cc1nc(C(=O)O)c2ncc(C3CC3)cn12. The Kier molecular flexibility index (Phi) is 1.77. The van der Waals surface area contributed by atoms with Crippen molar-refractivity contribution in [2.24, 2.45) is 0 Å². The molecule has 0 atom stereocenters. The zero-order chi connectivity index (χ0) is 11.3. The average Bonchev–Trinajstić information content (AvgIpc) is 3.04. The fourth-order valence-electron chi connectivity index (χ4n) is 1.90. The van der Waals surface area contributed by atoms with E-state index < -0.39 is 5.97 Å². The highest BCUT2D eigenvalue weighted by atomic mass is 16.4. The number of carboxylic acids is 1. The number of fused-ring (bicyclic) bond motifs is 1. The Morgan fingerprint density at radius 2 is 2.31 bits per heavy atom. The van der Waals surface area contributed by atoms with Crippen LogP contribution in [0.2, 0.25) is 0 Å². The predicted octanol–water partition coefficient (Wildman–Crippen LogP) is 1.61. The third-order valence-electron chi connectivity index (χ3n) is 2.93. The van der Waals surface area contributed by atoms with E-state index in [1.165, 1.54) is 18.4 Å².